The zero-order valence-corrected chi connectivity index (χ0v) is 21.9. The van der Waals surface area contributed by atoms with Crippen LogP contribution in [0.4, 0.5) is 4.39 Å². The van der Waals surface area contributed by atoms with Crippen LogP contribution in [-0.2, 0) is 6.61 Å². The number of halogens is 1. The third-order valence-corrected chi connectivity index (χ3v) is 7.59. The topological polar surface area (TPSA) is 61.4 Å². The number of nitrogens with zero attached hydrogens (tertiary/aromatic N) is 4. The summed E-state index contributed by atoms with van der Waals surface area (Å²) in [5.41, 5.74) is 5.61. The lowest BCUT2D eigenvalue weighted by Gasteiger charge is -2.08. The van der Waals surface area contributed by atoms with Gasteiger partial charge in [0.25, 0.3) is 5.56 Å². The highest BCUT2D eigenvalue weighted by Gasteiger charge is 2.15. The van der Waals surface area contributed by atoms with Gasteiger partial charge in [-0.1, -0.05) is 65.9 Å². The van der Waals surface area contributed by atoms with Crippen LogP contribution >= 0.6 is 11.3 Å². The molecule has 0 aliphatic heterocycles. The molecule has 194 valence electrons. The molecule has 0 spiro atoms. The number of aromatic nitrogens is 4. The first kappa shape index (κ1) is 24.0. The van der Waals surface area contributed by atoms with E-state index in [1.165, 1.54) is 23.5 Å². The average Bonchev–Trinajstić information content (AvgIpc) is 3.66. The number of imidazole rings is 1. The molecule has 6 nitrogen and oxygen atoms in total. The van der Waals surface area contributed by atoms with Crippen molar-refractivity contribution in [2.75, 3.05) is 0 Å². The molecule has 7 rings (SSSR count). The molecule has 3 heterocycles. The molecule has 0 saturated carbocycles. The van der Waals surface area contributed by atoms with Crippen LogP contribution in [0.15, 0.2) is 114 Å². The zero-order chi connectivity index (χ0) is 27.1. The SMILES string of the molecule is O=c1/c(=C/c2cn(-c3ccccc3)nc2-c2cccc(OCc3ccc(F)cc3)c2)sc2nc3ccccc3n12. The Morgan fingerprint density at radius 1 is 0.900 bits per heavy atom. The van der Waals surface area contributed by atoms with Gasteiger partial charge in [0, 0.05) is 17.3 Å². The van der Waals surface area contributed by atoms with Gasteiger partial charge in [0.15, 0.2) is 4.96 Å². The lowest BCUT2D eigenvalue weighted by Crippen LogP contribution is -2.22. The quantitative estimate of drug-likeness (QED) is 0.257. The minimum absolute atomic E-state index is 0.108. The van der Waals surface area contributed by atoms with Crippen LogP contribution < -0.4 is 14.8 Å². The molecule has 0 bridgehead atoms. The van der Waals surface area contributed by atoms with Gasteiger partial charge in [-0.15, -0.1) is 0 Å². The van der Waals surface area contributed by atoms with Gasteiger partial charge in [-0.25, -0.2) is 18.5 Å². The lowest BCUT2D eigenvalue weighted by atomic mass is 10.1. The molecule has 0 radical (unpaired) electrons. The fourth-order valence-electron chi connectivity index (χ4n) is 4.66. The molecule has 3 aromatic heterocycles. The summed E-state index contributed by atoms with van der Waals surface area (Å²) in [5.74, 6) is 0.379. The number of ether oxygens (including phenoxy) is 1. The van der Waals surface area contributed by atoms with Crippen LogP contribution in [0.1, 0.15) is 11.1 Å². The predicted molar refractivity (Wildman–Crippen MR) is 155 cm³/mol. The third-order valence-electron chi connectivity index (χ3n) is 6.62. The maximum Gasteiger partial charge on any atom is 0.274 e. The van der Waals surface area contributed by atoms with Crippen LogP contribution in [-0.4, -0.2) is 19.2 Å². The Balaban J connectivity index is 1.32. The van der Waals surface area contributed by atoms with Gasteiger partial charge in [-0.05, 0) is 60.2 Å². The Labute approximate surface area is 231 Å². The highest BCUT2D eigenvalue weighted by Crippen LogP contribution is 2.28. The molecule has 7 aromatic rings. The predicted octanol–water partition coefficient (Wildman–Crippen LogP) is 6.03. The second kappa shape index (κ2) is 9.91. The summed E-state index contributed by atoms with van der Waals surface area (Å²) in [6, 6.07) is 31.4. The van der Waals surface area contributed by atoms with Crippen LogP contribution in [0.3, 0.4) is 0 Å². The fourth-order valence-corrected chi connectivity index (χ4v) is 5.64. The Morgan fingerprint density at radius 2 is 1.70 bits per heavy atom. The second-order valence-corrected chi connectivity index (χ2v) is 10.3. The zero-order valence-electron chi connectivity index (χ0n) is 21.1. The number of benzene rings is 4. The Hall–Kier alpha value is -5.08. The molecule has 0 aliphatic carbocycles. The van der Waals surface area contributed by atoms with Gasteiger partial charge in [-0.3, -0.25) is 4.79 Å². The monoisotopic (exact) mass is 544 g/mol. The molecule has 0 unspecified atom stereocenters. The fraction of sp³-hybridized carbons (Fsp3) is 0.0312. The maximum atomic E-state index is 13.5. The number of thiazole rings is 1. The van der Waals surface area contributed by atoms with Crippen molar-refractivity contribution >= 4 is 33.4 Å². The molecule has 0 fully saturated rings. The van der Waals surface area contributed by atoms with Crippen molar-refractivity contribution in [1.29, 1.82) is 0 Å². The summed E-state index contributed by atoms with van der Waals surface area (Å²) in [4.78, 5) is 18.8. The van der Waals surface area contributed by atoms with E-state index in [0.717, 1.165) is 33.4 Å². The van der Waals surface area contributed by atoms with Gasteiger partial charge in [0.2, 0.25) is 0 Å². The number of para-hydroxylation sites is 3. The molecular weight excluding hydrogens is 523 g/mol. The van der Waals surface area contributed by atoms with Gasteiger partial charge in [-0.2, -0.15) is 5.10 Å². The second-order valence-electron chi connectivity index (χ2n) is 9.29. The molecule has 8 heteroatoms. The van der Waals surface area contributed by atoms with E-state index in [2.05, 4.69) is 4.98 Å². The van der Waals surface area contributed by atoms with Crippen molar-refractivity contribution in [1.82, 2.24) is 19.2 Å². The maximum absolute atomic E-state index is 13.5. The molecular formula is C32H21FN4O2S. The van der Waals surface area contributed by atoms with Crippen molar-refractivity contribution in [2.45, 2.75) is 6.61 Å². The van der Waals surface area contributed by atoms with E-state index in [1.807, 2.05) is 95.8 Å². The Bertz CT molecular complexity index is 2100. The molecule has 4 aromatic carbocycles. The van der Waals surface area contributed by atoms with Gasteiger partial charge < -0.3 is 4.74 Å². The van der Waals surface area contributed by atoms with Crippen LogP contribution in [0.2, 0.25) is 0 Å². The smallest absolute Gasteiger partial charge is 0.274 e. The van der Waals surface area contributed by atoms with E-state index in [4.69, 9.17) is 9.84 Å². The minimum atomic E-state index is -0.281. The van der Waals surface area contributed by atoms with Gasteiger partial charge in [0.1, 0.15) is 23.9 Å². The van der Waals surface area contributed by atoms with Crippen molar-refractivity contribution in [3.63, 3.8) is 0 Å². The molecule has 0 aliphatic rings. The van der Waals surface area contributed by atoms with E-state index in [0.29, 0.717) is 27.5 Å². The van der Waals surface area contributed by atoms with Crippen molar-refractivity contribution in [2.24, 2.45) is 0 Å². The number of hydrogen-bond donors (Lipinski definition) is 0. The highest BCUT2D eigenvalue weighted by molar-refractivity contribution is 7.15. The average molecular weight is 545 g/mol. The van der Waals surface area contributed by atoms with Crippen LogP contribution in [0.25, 0.3) is 39.0 Å². The van der Waals surface area contributed by atoms with E-state index < -0.39 is 0 Å². The summed E-state index contributed by atoms with van der Waals surface area (Å²) in [6.45, 7) is 0.309. The molecule has 0 atom stereocenters. The summed E-state index contributed by atoms with van der Waals surface area (Å²) >= 11 is 1.36. The van der Waals surface area contributed by atoms with E-state index in [9.17, 15) is 9.18 Å². The van der Waals surface area contributed by atoms with E-state index >= 15 is 0 Å². The lowest BCUT2D eigenvalue weighted by molar-refractivity contribution is 0.306. The van der Waals surface area contributed by atoms with Crippen LogP contribution in [0, 0.1) is 5.82 Å². The van der Waals surface area contributed by atoms with Crippen molar-refractivity contribution in [3.05, 3.63) is 141 Å². The molecule has 0 N–H and O–H groups in total. The summed E-state index contributed by atoms with van der Waals surface area (Å²) in [7, 11) is 0. The van der Waals surface area contributed by atoms with Crippen LogP contribution in [0.5, 0.6) is 5.75 Å². The first-order valence-electron chi connectivity index (χ1n) is 12.7. The number of fused-ring (bicyclic) bond motifs is 3. The first-order chi connectivity index (χ1) is 19.6. The highest BCUT2D eigenvalue weighted by atomic mass is 32.1. The molecule has 40 heavy (non-hydrogen) atoms. The summed E-state index contributed by atoms with van der Waals surface area (Å²) < 4.78 is 23.3. The van der Waals surface area contributed by atoms with Gasteiger partial charge >= 0.3 is 0 Å². The van der Waals surface area contributed by atoms with Crippen molar-refractivity contribution < 1.29 is 9.13 Å². The van der Waals surface area contributed by atoms with Gasteiger partial charge in [0.05, 0.1) is 21.3 Å². The first-order valence-corrected chi connectivity index (χ1v) is 13.5. The minimum Gasteiger partial charge on any atom is -0.489 e. The summed E-state index contributed by atoms with van der Waals surface area (Å²) in [5, 5.41) is 4.91. The third kappa shape index (κ3) is 4.44. The Morgan fingerprint density at radius 3 is 2.55 bits per heavy atom. The number of hydrogen-bond acceptors (Lipinski definition) is 5. The van der Waals surface area contributed by atoms with E-state index in [-0.39, 0.29) is 11.4 Å². The van der Waals surface area contributed by atoms with Crippen molar-refractivity contribution in [3.8, 4) is 22.7 Å². The summed E-state index contributed by atoms with van der Waals surface area (Å²) in [6.07, 6.45) is 3.81. The number of rotatable bonds is 6. The molecule has 0 amide bonds. The Kier molecular flexibility index (Phi) is 5.94. The largest absolute Gasteiger partial charge is 0.489 e. The van der Waals surface area contributed by atoms with E-state index in [1.54, 1.807) is 16.5 Å². The standard InChI is InChI=1S/C32H21FN4O2S/c33-24-15-13-21(14-16-24)20-39-26-10-6-7-22(17-26)30-23(19-36(35-30)25-8-2-1-3-9-25)18-29-31(38)37-28-12-5-4-11-27(28)34-32(37)40-29/h1-19H,20H2/b29-18-. The normalized spacial score (nSPS) is 12.0. The molecule has 0 saturated heterocycles.